The van der Waals surface area contributed by atoms with E-state index in [1.54, 1.807) is 6.07 Å². The third kappa shape index (κ3) is 2.21. The van der Waals surface area contributed by atoms with Crippen molar-refractivity contribution in [1.29, 1.82) is 0 Å². The number of H-pyrrole nitrogens is 1. The molecule has 80 valence electrons. The molecule has 1 aliphatic rings. The first-order valence-electron chi connectivity index (χ1n) is 5.00. The SMILES string of the molecule is O=[N+]([O-])c1ccc(N2CC[NH2+]CC2)[nH+]c1. The largest absolute Gasteiger partial charge is 0.340 e. The van der Waals surface area contributed by atoms with Gasteiger partial charge in [-0.1, -0.05) is 0 Å². The highest BCUT2D eigenvalue weighted by Crippen LogP contribution is 2.11. The molecular weight excluding hydrogens is 196 g/mol. The van der Waals surface area contributed by atoms with Crippen LogP contribution in [0.15, 0.2) is 18.3 Å². The maximum absolute atomic E-state index is 10.5. The lowest BCUT2D eigenvalue weighted by Crippen LogP contribution is -2.90. The summed E-state index contributed by atoms with van der Waals surface area (Å²) in [6.07, 6.45) is 1.44. The number of hydrogen-bond acceptors (Lipinski definition) is 3. The predicted molar refractivity (Wildman–Crippen MR) is 53.5 cm³/mol. The Morgan fingerprint density at radius 1 is 1.40 bits per heavy atom. The van der Waals surface area contributed by atoms with Crippen LogP contribution in [0.1, 0.15) is 0 Å². The normalized spacial score (nSPS) is 16.4. The van der Waals surface area contributed by atoms with Crippen molar-refractivity contribution in [2.45, 2.75) is 0 Å². The van der Waals surface area contributed by atoms with E-state index in [1.165, 1.54) is 12.3 Å². The molecule has 0 radical (unpaired) electrons. The van der Waals surface area contributed by atoms with Crippen molar-refractivity contribution in [3.05, 3.63) is 28.4 Å². The van der Waals surface area contributed by atoms with Crippen molar-refractivity contribution in [2.75, 3.05) is 31.1 Å². The van der Waals surface area contributed by atoms with E-state index in [2.05, 4.69) is 15.2 Å². The van der Waals surface area contributed by atoms with E-state index < -0.39 is 4.92 Å². The average molecular weight is 210 g/mol. The molecular formula is C9H14N4O2+2. The third-order valence-corrected chi connectivity index (χ3v) is 2.54. The fourth-order valence-electron chi connectivity index (χ4n) is 1.71. The molecule has 15 heavy (non-hydrogen) atoms. The lowest BCUT2D eigenvalue weighted by atomic mass is 10.3. The fourth-order valence-corrected chi connectivity index (χ4v) is 1.71. The third-order valence-electron chi connectivity index (χ3n) is 2.54. The van der Waals surface area contributed by atoms with Gasteiger partial charge in [-0.3, -0.25) is 15.0 Å². The summed E-state index contributed by atoms with van der Waals surface area (Å²) in [6.45, 7) is 4.11. The molecule has 2 rings (SSSR count). The Bertz CT molecular complexity index is 346. The minimum absolute atomic E-state index is 0.0994. The number of rotatable bonds is 2. The molecule has 2 heterocycles. The first kappa shape index (κ1) is 9.85. The number of nitrogens with zero attached hydrogens (tertiary/aromatic N) is 2. The van der Waals surface area contributed by atoms with Crippen molar-refractivity contribution in [2.24, 2.45) is 0 Å². The van der Waals surface area contributed by atoms with Crippen molar-refractivity contribution in [3.63, 3.8) is 0 Å². The van der Waals surface area contributed by atoms with E-state index in [1.807, 2.05) is 0 Å². The molecule has 1 aliphatic heterocycles. The van der Waals surface area contributed by atoms with Gasteiger partial charge in [0.15, 0.2) is 6.20 Å². The number of aromatic amines is 1. The molecule has 0 amide bonds. The maximum atomic E-state index is 10.5. The van der Waals surface area contributed by atoms with Gasteiger partial charge < -0.3 is 5.32 Å². The number of hydrogen-bond donors (Lipinski definition) is 1. The highest BCUT2D eigenvalue weighted by Gasteiger charge is 2.21. The Kier molecular flexibility index (Phi) is 2.77. The van der Waals surface area contributed by atoms with Crippen LogP contribution in [0.5, 0.6) is 0 Å². The number of nitrogens with two attached hydrogens (primary N) is 1. The lowest BCUT2D eigenvalue weighted by molar-refractivity contribution is -0.656. The predicted octanol–water partition coefficient (Wildman–Crippen LogP) is -1.21. The van der Waals surface area contributed by atoms with Crippen LogP contribution in [0.3, 0.4) is 0 Å². The number of nitrogens with one attached hydrogen (secondary N) is 1. The molecule has 1 fully saturated rings. The second kappa shape index (κ2) is 4.22. The Morgan fingerprint density at radius 3 is 2.67 bits per heavy atom. The van der Waals surface area contributed by atoms with Crippen LogP contribution < -0.4 is 15.2 Å². The Balaban J connectivity index is 2.11. The molecule has 0 saturated carbocycles. The van der Waals surface area contributed by atoms with Gasteiger partial charge in [-0.15, -0.1) is 0 Å². The molecule has 0 aromatic carbocycles. The molecule has 0 aliphatic carbocycles. The van der Waals surface area contributed by atoms with Crippen LogP contribution in [0.2, 0.25) is 0 Å². The zero-order chi connectivity index (χ0) is 10.7. The summed E-state index contributed by atoms with van der Waals surface area (Å²) in [6, 6.07) is 3.30. The van der Waals surface area contributed by atoms with Crippen LogP contribution in [0.4, 0.5) is 11.5 Å². The topological polar surface area (TPSA) is 77.1 Å². The number of quaternary nitrogens is 1. The van der Waals surface area contributed by atoms with E-state index in [0.29, 0.717) is 0 Å². The van der Waals surface area contributed by atoms with E-state index in [0.717, 1.165) is 32.0 Å². The fraction of sp³-hybridized carbons (Fsp3) is 0.444. The van der Waals surface area contributed by atoms with E-state index in [4.69, 9.17) is 0 Å². The minimum atomic E-state index is -0.399. The summed E-state index contributed by atoms with van der Waals surface area (Å²) >= 11 is 0. The van der Waals surface area contributed by atoms with Crippen molar-refractivity contribution in [1.82, 2.24) is 0 Å². The molecule has 3 N–H and O–H groups in total. The van der Waals surface area contributed by atoms with Gasteiger partial charge in [0.25, 0.3) is 5.82 Å². The molecule has 0 spiro atoms. The quantitative estimate of drug-likeness (QED) is 0.491. The van der Waals surface area contributed by atoms with Crippen LogP contribution in [0, 0.1) is 10.1 Å². The molecule has 1 saturated heterocycles. The van der Waals surface area contributed by atoms with Crippen LogP contribution >= 0.6 is 0 Å². The Morgan fingerprint density at radius 2 is 2.13 bits per heavy atom. The van der Waals surface area contributed by atoms with Gasteiger partial charge in [-0.05, 0) is 0 Å². The van der Waals surface area contributed by atoms with Gasteiger partial charge in [0.2, 0.25) is 0 Å². The average Bonchev–Trinajstić information content (AvgIpc) is 2.30. The van der Waals surface area contributed by atoms with Gasteiger partial charge in [0.1, 0.15) is 26.2 Å². The van der Waals surface area contributed by atoms with Crippen LogP contribution in [-0.2, 0) is 0 Å². The summed E-state index contributed by atoms with van der Waals surface area (Å²) in [5, 5.41) is 12.7. The summed E-state index contributed by atoms with van der Waals surface area (Å²) < 4.78 is 0. The number of aromatic nitrogens is 1. The smallest absolute Gasteiger partial charge is 0.308 e. The summed E-state index contributed by atoms with van der Waals surface area (Å²) in [4.78, 5) is 15.2. The molecule has 6 nitrogen and oxygen atoms in total. The van der Waals surface area contributed by atoms with Crippen molar-refractivity contribution >= 4 is 11.5 Å². The van der Waals surface area contributed by atoms with Gasteiger partial charge in [0.05, 0.1) is 4.92 Å². The van der Waals surface area contributed by atoms with Gasteiger partial charge in [-0.2, -0.15) is 0 Å². The monoisotopic (exact) mass is 210 g/mol. The van der Waals surface area contributed by atoms with Gasteiger partial charge >= 0.3 is 5.69 Å². The first-order valence-corrected chi connectivity index (χ1v) is 5.00. The maximum Gasteiger partial charge on any atom is 0.308 e. The molecule has 1 aromatic rings. The molecule has 0 unspecified atom stereocenters. The second-order valence-corrected chi connectivity index (χ2v) is 3.54. The highest BCUT2D eigenvalue weighted by atomic mass is 16.6. The number of nitro groups is 1. The second-order valence-electron chi connectivity index (χ2n) is 3.54. The standard InChI is InChI=1S/C9H12N4O2/c14-13(15)8-1-2-9(11-7-8)12-5-3-10-4-6-12/h1-2,7,10H,3-6H2/p+2. The summed E-state index contributed by atoms with van der Waals surface area (Å²) in [7, 11) is 0. The Hall–Kier alpha value is -1.69. The van der Waals surface area contributed by atoms with Gasteiger partial charge in [-0.25, -0.2) is 4.98 Å². The van der Waals surface area contributed by atoms with E-state index >= 15 is 0 Å². The minimum Gasteiger partial charge on any atom is -0.340 e. The molecule has 1 aromatic heterocycles. The van der Waals surface area contributed by atoms with E-state index in [9.17, 15) is 10.1 Å². The van der Waals surface area contributed by atoms with E-state index in [-0.39, 0.29) is 5.69 Å². The van der Waals surface area contributed by atoms with Crippen LogP contribution in [0.25, 0.3) is 0 Å². The number of anilines is 1. The number of pyridine rings is 1. The van der Waals surface area contributed by atoms with Gasteiger partial charge in [0, 0.05) is 12.1 Å². The van der Waals surface area contributed by atoms with Crippen molar-refractivity contribution in [3.8, 4) is 0 Å². The highest BCUT2D eigenvalue weighted by molar-refractivity contribution is 5.37. The summed E-state index contributed by atoms with van der Waals surface area (Å²) in [5.41, 5.74) is 0.0994. The van der Waals surface area contributed by atoms with Crippen molar-refractivity contribution < 1.29 is 15.2 Å². The zero-order valence-corrected chi connectivity index (χ0v) is 8.35. The van der Waals surface area contributed by atoms with Crippen LogP contribution in [-0.4, -0.2) is 31.1 Å². The molecule has 0 bridgehead atoms. The first-order chi connectivity index (χ1) is 7.27. The molecule has 6 heteroatoms. The molecule has 0 atom stereocenters. The summed E-state index contributed by atoms with van der Waals surface area (Å²) in [5.74, 6) is 0.953. The number of piperazine rings is 1. The Labute approximate surface area is 87.1 Å². The lowest BCUT2D eigenvalue weighted by Gasteiger charge is -2.19. The zero-order valence-electron chi connectivity index (χ0n) is 8.35.